The number of furan rings is 1. The Balaban J connectivity index is 1.66. The number of carbonyl (C=O) groups is 2. The largest absolute Gasteiger partial charge is 0.466 e. The molecule has 1 aromatic heterocycles. The lowest BCUT2D eigenvalue weighted by molar-refractivity contribution is 0.0782. The van der Waals surface area contributed by atoms with Crippen molar-refractivity contribution >= 4 is 11.8 Å². The first-order chi connectivity index (χ1) is 11.9. The summed E-state index contributed by atoms with van der Waals surface area (Å²) in [4.78, 5) is 26.4. The Kier molecular flexibility index (Phi) is 4.66. The minimum Gasteiger partial charge on any atom is -0.466 e. The Labute approximate surface area is 148 Å². The molecule has 0 bridgehead atoms. The van der Waals surface area contributed by atoms with Crippen LogP contribution in [-0.2, 0) is 6.54 Å². The van der Waals surface area contributed by atoms with E-state index in [9.17, 15) is 9.59 Å². The van der Waals surface area contributed by atoms with Crippen LogP contribution in [0.3, 0.4) is 0 Å². The molecular formula is C20H24N2O3. The van der Waals surface area contributed by atoms with Crippen molar-refractivity contribution in [2.75, 3.05) is 7.05 Å². The Bertz CT molecular complexity index is 801. The monoisotopic (exact) mass is 340 g/mol. The second kappa shape index (κ2) is 6.75. The van der Waals surface area contributed by atoms with Gasteiger partial charge in [0, 0.05) is 30.8 Å². The zero-order valence-electron chi connectivity index (χ0n) is 15.2. The average molecular weight is 340 g/mol. The van der Waals surface area contributed by atoms with Gasteiger partial charge >= 0.3 is 0 Å². The second-order valence-corrected chi connectivity index (χ2v) is 6.82. The zero-order chi connectivity index (χ0) is 18.1. The number of amides is 2. The molecule has 3 rings (SSSR count). The lowest BCUT2D eigenvalue weighted by Gasteiger charge is -2.17. The second-order valence-electron chi connectivity index (χ2n) is 6.82. The lowest BCUT2D eigenvalue weighted by Crippen LogP contribution is -2.27. The first kappa shape index (κ1) is 17.3. The summed E-state index contributed by atoms with van der Waals surface area (Å²) < 4.78 is 5.55. The lowest BCUT2D eigenvalue weighted by atomic mass is 10.1. The number of nitrogens with zero attached hydrogens (tertiary/aromatic N) is 1. The van der Waals surface area contributed by atoms with Gasteiger partial charge in [-0.05, 0) is 51.3 Å². The van der Waals surface area contributed by atoms with Gasteiger partial charge < -0.3 is 14.6 Å². The summed E-state index contributed by atoms with van der Waals surface area (Å²) in [5.74, 6) is 1.35. The number of rotatable bonds is 5. The molecule has 2 aromatic rings. The maximum atomic E-state index is 12.7. The van der Waals surface area contributed by atoms with Crippen molar-refractivity contribution in [1.82, 2.24) is 10.2 Å². The van der Waals surface area contributed by atoms with Gasteiger partial charge in [-0.3, -0.25) is 9.59 Å². The highest BCUT2D eigenvalue weighted by Crippen LogP contribution is 2.23. The van der Waals surface area contributed by atoms with Crippen LogP contribution in [-0.4, -0.2) is 29.8 Å². The third-order valence-electron chi connectivity index (χ3n) is 4.67. The van der Waals surface area contributed by atoms with Crippen molar-refractivity contribution in [3.8, 4) is 0 Å². The molecule has 1 aromatic carbocycles. The van der Waals surface area contributed by atoms with E-state index in [0.717, 1.165) is 29.7 Å². The van der Waals surface area contributed by atoms with E-state index in [0.29, 0.717) is 29.5 Å². The van der Waals surface area contributed by atoms with Crippen molar-refractivity contribution in [2.45, 2.75) is 46.2 Å². The molecule has 0 spiro atoms. The summed E-state index contributed by atoms with van der Waals surface area (Å²) >= 11 is 0. The van der Waals surface area contributed by atoms with Crippen molar-refractivity contribution in [3.63, 3.8) is 0 Å². The molecular weight excluding hydrogens is 316 g/mol. The highest BCUT2D eigenvalue weighted by atomic mass is 16.3. The molecule has 25 heavy (non-hydrogen) atoms. The number of carbonyl (C=O) groups excluding carboxylic acids is 2. The molecule has 1 aliphatic rings. The molecule has 1 saturated carbocycles. The fourth-order valence-corrected chi connectivity index (χ4v) is 2.90. The van der Waals surface area contributed by atoms with Gasteiger partial charge in [0.2, 0.25) is 0 Å². The van der Waals surface area contributed by atoms with Gasteiger partial charge in [0.25, 0.3) is 11.8 Å². The summed E-state index contributed by atoms with van der Waals surface area (Å²) in [6, 6.07) is 7.76. The topological polar surface area (TPSA) is 62.6 Å². The minimum atomic E-state index is -0.0533. The van der Waals surface area contributed by atoms with Crippen LogP contribution in [0.2, 0.25) is 0 Å². The van der Waals surface area contributed by atoms with E-state index in [1.54, 1.807) is 11.9 Å². The van der Waals surface area contributed by atoms with Gasteiger partial charge in [-0.25, -0.2) is 0 Å². The summed E-state index contributed by atoms with van der Waals surface area (Å²) in [7, 11) is 1.78. The molecule has 5 nitrogen and oxygen atoms in total. The van der Waals surface area contributed by atoms with E-state index in [1.807, 2.05) is 45.0 Å². The van der Waals surface area contributed by atoms with Gasteiger partial charge in [-0.1, -0.05) is 12.1 Å². The van der Waals surface area contributed by atoms with E-state index in [1.165, 1.54) is 0 Å². The Morgan fingerprint density at radius 3 is 2.28 bits per heavy atom. The first-order valence-corrected chi connectivity index (χ1v) is 8.58. The van der Waals surface area contributed by atoms with Crippen LogP contribution in [0.5, 0.6) is 0 Å². The number of aryl methyl sites for hydroxylation is 2. The molecule has 2 amide bonds. The Hall–Kier alpha value is -2.56. The number of benzene rings is 1. The molecule has 0 unspecified atom stereocenters. The maximum absolute atomic E-state index is 12.7. The van der Waals surface area contributed by atoms with Crippen LogP contribution >= 0.6 is 0 Å². The van der Waals surface area contributed by atoms with Crippen LogP contribution in [0.4, 0.5) is 0 Å². The van der Waals surface area contributed by atoms with Crippen LogP contribution in [0.15, 0.2) is 28.7 Å². The summed E-state index contributed by atoms with van der Waals surface area (Å²) in [5, 5.41) is 2.97. The molecule has 0 saturated heterocycles. The van der Waals surface area contributed by atoms with E-state index in [-0.39, 0.29) is 11.8 Å². The number of hydrogen-bond acceptors (Lipinski definition) is 3. The van der Waals surface area contributed by atoms with Gasteiger partial charge in [-0.2, -0.15) is 0 Å². The van der Waals surface area contributed by atoms with Crippen molar-refractivity contribution < 1.29 is 14.0 Å². The minimum absolute atomic E-state index is 0.0291. The molecule has 1 fully saturated rings. The standard InChI is InChI=1S/C20H24N2O3/c1-12-13(2)25-14(3)18(12)20(24)22(4)11-15-5-7-16(8-6-15)19(23)21-17-9-10-17/h5-8,17H,9-11H2,1-4H3,(H,21,23). The third-order valence-corrected chi connectivity index (χ3v) is 4.67. The predicted molar refractivity (Wildman–Crippen MR) is 95.6 cm³/mol. The zero-order valence-corrected chi connectivity index (χ0v) is 15.2. The van der Waals surface area contributed by atoms with Gasteiger partial charge in [-0.15, -0.1) is 0 Å². The van der Waals surface area contributed by atoms with Crippen molar-refractivity contribution in [3.05, 3.63) is 58.0 Å². The Morgan fingerprint density at radius 2 is 1.76 bits per heavy atom. The SMILES string of the molecule is Cc1oc(C)c(C(=O)N(C)Cc2ccc(C(=O)NC3CC3)cc2)c1C. The summed E-state index contributed by atoms with van der Waals surface area (Å²) in [6.07, 6.45) is 2.14. The van der Waals surface area contributed by atoms with Crippen LogP contribution < -0.4 is 5.32 Å². The fourth-order valence-electron chi connectivity index (χ4n) is 2.90. The molecule has 0 aliphatic heterocycles. The smallest absolute Gasteiger partial charge is 0.257 e. The highest BCUT2D eigenvalue weighted by molar-refractivity contribution is 5.97. The van der Waals surface area contributed by atoms with Gasteiger partial charge in [0.1, 0.15) is 11.5 Å². The molecule has 0 atom stereocenters. The fraction of sp³-hybridized carbons (Fsp3) is 0.400. The van der Waals surface area contributed by atoms with Gasteiger partial charge in [0.15, 0.2) is 0 Å². The summed E-state index contributed by atoms with van der Waals surface area (Å²) in [5.41, 5.74) is 3.16. The van der Waals surface area contributed by atoms with Crippen molar-refractivity contribution in [1.29, 1.82) is 0 Å². The molecule has 1 heterocycles. The Morgan fingerprint density at radius 1 is 1.12 bits per heavy atom. The molecule has 5 heteroatoms. The highest BCUT2D eigenvalue weighted by Gasteiger charge is 2.24. The first-order valence-electron chi connectivity index (χ1n) is 8.58. The average Bonchev–Trinajstić information content (AvgIpc) is 3.34. The van der Waals surface area contributed by atoms with Crippen LogP contribution in [0, 0.1) is 20.8 Å². The predicted octanol–water partition coefficient (Wildman–Crippen LogP) is 3.37. The quantitative estimate of drug-likeness (QED) is 0.908. The molecule has 1 N–H and O–H groups in total. The molecule has 132 valence electrons. The van der Waals surface area contributed by atoms with Gasteiger partial charge in [0.05, 0.1) is 5.56 Å². The number of hydrogen-bond donors (Lipinski definition) is 1. The van der Waals surface area contributed by atoms with Crippen LogP contribution in [0.1, 0.15) is 56.2 Å². The van der Waals surface area contributed by atoms with E-state index in [2.05, 4.69) is 5.32 Å². The van der Waals surface area contributed by atoms with E-state index >= 15 is 0 Å². The third kappa shape index (κ3) is 3.76. The normalized spacial score (nSPS) is 13.6. The molecule has 1 aliphatic carbocycles. The number of nitrogens with one attached hydrogen (secondary N) is 1. The maximum Gasteiger partial charge on any atom is 0.257 e. The molecule has 0 radical (unpaired) electrons. The summed E-state index contributed by atoms with van der Waals surface area (Å²) in [6.45, 7) is 6.06. The van der Waals surface area contributed by atoms with Crippen molar-refractivity contribution in [2.24, 2.45) is 0 Å². The van der Waals surface area contributed by atoms with E-state index in [4.69, 9.17) is 4.42 Å². The van der Waals surface area contributed by atoms with E-state index < -0.39 is 0 Å². The van der Waals surface area contributed by atoms with Crippen LogP contribution in [0.25, 0.3) is 0 Å².